The van der Waals surface area contributed by atoms with Crippen molar-refractivity contribution < 1.29 is 17.9 Å². The number of benzene rings is 2. The first-order valence-electron chi connectivity index (χ1n) is 14.9. The average molecular weight is 659 g/mol. The van der Waals surface area contributed by atoms with E-state index in [4.69, 9.17) is 39.5 Å². The van der Waals surface area contributed by atoms with Gasteiger partial charge in [-0.1, -0.05) is 71.6 Å². The number of aryl methyl sites for hydroxylation is 1. The van der Waals surface area contributed by atoms with Crippen LogP contribution < -0.4 is 5.32 Å². The van der Waals surface area contributed by atoms with Crippen molar-refractivity contribution in [2.24, 2.45) is 5.92 Å². The lowest BCUT2D eigenvalue weighted by atomic mass is 9.78. The number of likely N-dealkylation sites (N-methyl/N-ethyl adjacent to an activating group) is 1. The maximum absolute atomic E-state index is 12.9. The molecule has 42 heavy (non-hydrogen) atoms. The summed E-state index contributed by atoms with van der Waals surface area (Å²) in [6.45, 7) is 2.37. The molecule has 0 aromatic heterocycles. The predicted molar refractivity (Wildman–Crippen MR) is 170 cm³/mol. The Kier molecular flexibility index (Phi) is 12.8. The van der Waals surface area contributed by atoms with Gasteiger partial charge in [-0.15, -0.1) is 0 Å². The molecule has 0 radical (unpaired) electrons. The van der Waals surface area contributed by atoms with Gasteiger partial charge in [-0.25, -0.2) is 8.42 Å². The van der Waals surface area contributed by atoms with Crippen LogP contribution in [0.1, 0.15) is 56.9 Å². The van der Waals surface area contributed by atoms with E-state index in [2.05, 4.69) is 40.5 Å². The van der Waals surface area contributed by atoms with Gasteiger partial charge in [0.05, 0.1) is 16.7 Å². The lowest BCUT2D eigenvalue weighted by molar-refractivity contribution is -0.126. The molecule has 2 fully saturated rings. The van der Waals surface area contributed by atoms with Crippen molar-refractivity contribution in [3.63, 3.8) is 0 Å². The Hall–Kier alpha value is -1.39. The molecule has 2 aromatic rings. The van der Waals surface area contributed by atoms with Crippen LogP contribution in [0.5, 0.6) is 0 Å². The lowest BCUT2D eigenvalue weighted by Gasteiger charge is -2.42. The number of sulfonamides is 1. The summed E-state index contributed by atoms with van der Waals surface area (Å²) < 4.78 is 32.5. The van der Waals surface area contributed by atoms with Gasteiger partial charge >= 0.3 is 0 Å². The van der Waals surface area contributed by atoms with E-state index < -0.39 is 10.0 Å². The predicted octanol–water partition coefficient (Wildman–Crippen LogP) is 6.45. The van der Waals surface area contributed by atoms with E-state index in [0.29, 0.717) is 12.0 Å². The number of carbonyl (C=O) groups excluding carboxylic acids is 1. The molecule has 4 rings (SSSR count). The van der Waals surface area contributed by atoms with Crippen molar-refractivity contribution in [1.29, 1.82) is 0 Å². The van der Waals surface area contributed by atoms with Gasteiger partial charge in [-0.2, -0.15) is 4.31 Å². The van der Waals surface area contributed by atoms with Gasteiger partial charge in [0.2, 0.25) is 15.9 Å². The molecular formula is C31H42Cl3N3O4S. The lowest BCUT2D eigenvalue weighted by Crippen LogP contribution is -2.47. The molecule has 1 amide bonds. The smallest absolute Gasteiger partial charge is 0.246 e. The van der Waals surface area contributed by atoms with Crippen LogP contribution in [-0.2, 0) is 26.0 Å². The Bertz CT molecular complexity index is 1240. The molecule has 1 saturated heterocycles. The molecule has 1 unspecified atom stereocenters. The molecular weight excluding hydrogens is 617 g/mol. The van der Waals surface area contributed by atoms with E-state index in [1.165, 1.54) is 63.5 Å². The molecule has 1 saturated carbocycles. The summed E-state index contributed by atoms with van der Waals surface area (Å²) in [5.74, 6) is 0.473. The van der Waals surface area contributed by atoms with Crippen molar-refractivity contribution in [1.82, 2.24) is 14.5 Å². The number of ether oxygens (including phenoxy) is 1. The van der Waals surface area contributed by atoms with Gasteiger partial charge in [-0.05, 0) is 88.1 Å². The highest BCUT2D eigenvalue weighted by molar-refractivity contribution is 7.89. The van der Waals surface area contributed by atoms with Gasteiger partial charge in [0.1, 0.15) is 11.5 Å². The number of rotatable bonds is 13. The zero-order chi connectivity index (χ0) is 30.1. The van der Waals surface area contributed by atoms with Crippen LogP contribution in [0.4, 0.5) is 0 Å². The quantitative estimate of drug-likeness (QED) is 0.251. The minimum absolute atomic E-state index is 0.0386. The largest absolute Gasteiger partial charge is 0.370 e. The summed E-state index contributed by atoms with van der Waals surface area (Å²) in [6.07, 6.45) is 10.4. The maximum atomic E-state index is 12.9. The number of hydrogen-bond acceptors (Lipinski definition) is 5. The van der Waals surface area contributed by atoms with E-state index in [1.807, 2.05) is 0 Å². The summed E-state index contributed by atoms with van der Waals surface area (Å²) >= 11 is 18.1. The molecule has 0 bridgehead atoms. The highest BCUT2D eigenvalue weighted by Crippen LogP contribution is 2.35. The molecule has 232 valence electrons. The van der Waals surface area contributed by atoms with Gasteiger partial charge in [-0.3, -0.25) is 4.79 Å². The summed E-state index contributed by atoms with van der Waals surface area (Å²) in [4.78, 5) is 15.1. The number of likely N-dealkylation sites (tertiary alicyclic amines) is 1. The van der Waals surface area contributed by atoms with Crippen molar-refractivity contribution in [3.05, 3.63) is 63.1 Å². The molecule has 2 aromatic carbocycles. The van der Waals surface area contributed by atoms with Crippen molar-refractivity contribution >= 4 is 50.7 Å². The standard InChI is InChI=1S/C31H42Cl3N3O4S/c1-36(42(39,40)31-27(33)20-25(32)21-28(31)34)18-19-41-22-30(38)35-26-13-11-24(12-14-26)29(37-16-6-3-7-17-37)15-10-23-8-4-2-5-9-23/h2,4-5,8-9,20-21,24,26,29H,3,6-7,10-19,22H2,1H3,(H,35,38). The SMILES string of the molecule is CN(CCOCC(=O)NC1CCC(C(CCc2ccccc2)N2CCCCC2)CC1)S(=O)(=O)c1c(Cl)cc(Cl)cc1Cl. The molecule has 7 nitrogen and oxygen atoms in total. The van der Waals surface area contributed by atoms with Gasteiger partial charge < -0.3 is 15.0 Å². The Morgan fingerprint density at radius 3 is 2.31 bits per heavy atom. The number of halogens is 3. The average Bonchev–Trinajstić information content (AvgIpc) is 2.96. The highest BCUT2D eigenvalue weighted by Gasteiger charge is 2.32. The Morgan fingerprint density at radius 2 is 1.67 bits per heavy atom. The maximum Gasteiger partial charge on any atom is 0.246 e. The topological polar surface area (TPSA) is 79.0 Å². The van der Waals surface area contributed by atoms with Crippen LogP contribution in [0.15, 0.2) is 47.4 Å². The summed E-state index contributed by atoms with van der Waals surface area (Å²) in [5.41, 5.74) is 1.40. The number of nitrogens with one attached hydrogen (secondary N) is 1. The first-order valence-corrected chi connectivity index (χ1v) is 17.5. The minimum Gasteiger partial charge on any atom is -0.370 e. The number of nitrogens with zero attached hydrogens (tertiary/aromatic N) is 2. The summed E-state index contributed by atoms with van der Waals surface area (Å²) in [7, 11) is -2.54. The number of carbonyl (C=O) groups is 1. The van der Waals surface area contributed by atoms with Crippen LogP contribution in [0.2, 0.25) is 15.1 Å². The molecule has 2 aliphatic rings. The van der Waals surface area contributed by atoms with Crippen LogP contribution in [0.3, 0.4) is 0 Å². The highest BCUT2D eigenvalue weighted by atomic mass is 35.5. The molecule has 1 N–H and O–H groups in total. The van der Waals surface area contributed by atoms with E-state index in [1.54, 1.807) is 0 Å². The Morgan fingerprint density at radius 1 is 1.02 bits per heavy atom. The van der Waals surface area contributed by atoms with Crippen LogP contribution >= 0.6 is 34.8 Å². The first kappa shape index (κ1) is 33.5. The Labute approximate surface area is 265 Å². The van der Waals surface area contributed by atoms with E-state index >= 15 is 0 Å². The molecule has 1 aliphatic heterocycles. The zero-order valence-electron chi connectivity index (χ0n) is 24.2. The first-order chi connectivity index (χ1) is 20.1. The third-order valence-electron chi connectivity index (χ3n) is 8.53. The number of hydrogen-bond donors (Lipinski definition) is 1. The van der Waals surface area contributed by atoms with E-state index in [0.717, 1.165) is 36.4 Å². The fraction of sp³-hybridized carbons (Fsp3) is 0.581. The summed E-state index contributed by atoms with van der Waals surface area (Å²) in [5, 5.41) is 3.28. The van der Waals surface area contributed by atoms with Gasteiger partial charge in [0.25, 0.3) is 0 Å². The molecule has 0 spiro atoms. The van der Waals surface area contributed by atoms with Gasteiger partial charge in [0, 0.05) is 30.7 Å². The minimum atomic E-state index is -3.95. The zero-order valence-corrected chi connectivity index (χ0v) is 27.3. The fourth-order valence-electron chi connectivity index (χ4n) is 6.25. The van der Waals surface area contributed by atoms with Crippen molar-refractivity contribution in [3.8, 4) is 0 Å². The van der Waals surface area contributed by atoms with Gasteiger partial charge in [0.15, 0.2) is 0 Å². The third-order valence-corrected chi connectivity index (χ3v) is 11.5. The van der Waals surface area contributed by atoms with Crippen LogP contribution in [-0.4, -0.2) is 75.5 Å². The van der Waals surface area contributed by atoms with Crippen LogP contribution in [0, 0.1) is 5.92 Å². The van der Waals surface area contributed by atoms with E-state index in [9.17, 15) is 13.2 Å². The monoisotopic (exact) mass is 657 g/mol. The summed E-state index contributed by atoms with van der Waals surface area (Å²) in [6, 6.07) is 14.2. The molecule has 1 heterocycles. The molecule has 1 aliphatic carbocycles. The third kappa shape index (κ3) is 9.31. The van der Waals surface area contributed by atoms with Crippen molar-refractivity contribution in [2.45, 2.75) is 74.8 Å². The normalized spacial score (nSPS) is 20.9. The van der Waals surface area contributed by atoms with E-state index in [-0.39, 0.29) is 51.7 Å². The molecule has 11 heteroatoms. The second-order valence-electron chi connectivity index (χ2n) is 11.4. The number of piperidine rings is 1. The van der Waals surface area contributed by atoms with Crippen LogP contribution in [0.25, 0.3) is 0 Å². The van der Waals surface area contributed by atoms with Crippen molar-refractivity contribution in [2.75, 3.05) is 39.9 Å². The fourth-order valence-corrected chi connectivity index (χ4v) is 8.89. The Balaban J connectivity index is 1.19. The molecule has 1 atom stereocenters. The number of amides is 1. The second kappa shape index (κ2) is 16.1. The second-order valence-corrected chi connectivity index (χ2v) is 14.7.